The Hall–Kier alpha value is -3.57. The lowest BCUT2D eigenvalue weighted by Gasteiger charge is -2.18. The van der Waals surface area contributed by atoms with E-state index in [0.717, 1.165) is 47.7 Å². The molecular formula is C27H28N4O. The predicted molar refractivity (Wildman–Crippen MR) is 131 cm³/mol. The lowest BCUT2D eigenvalue weighted by Crippen LogP contribution is -2.34. The molecule has 32 heavy (non-hydrogen) atoms. The Labute approximate surface area is 189 Å². The van der Waals surface area contributed by atoms with Crippen LogP contribution in [0, 0.1) is 0 Å². The van der Waals surface area contributed by atoms with E-state index >= 15 is 0 Å². The van der Waals surface area contributed by atoms with Crippen LogP contribution in [-0.2, 0) is 0 Å². The maximum atomic E-state index is 12.7. The summed E-state index contributed by atoms with van der Waals surface area (Å²) in [7, 11) is 0. The Morgan fingerprint density at radius 1 is 0.781 bits per heavy atom. The van der Waals surface area contributed by atoms with Crippen LogP contribution in [0.3, 0.4) is 0 Å². The molecule has 0 aliphatic heterocycles. The van der Waals surface area contributed by atoms with E-state index < -0.39 is 0 Å². The summed E-state index contributed by atoms with van der Waals surface area (Å²) in [5.41, 5.74) is 5.72. The predicted octanol–water partition coefficient (Wildman–Crippen LogP) is 5.04. The van der Waals surface area contributed by atoms with E-state index in [1.807, 2.05) is 78.9 Å². The van der Waals surface area contributed by atoms with Crippen molar-refractivity contribution >= 4 is 16.9 Å². The Morgan fingerprint density at radius 2 is 1.34 bits per heavy atom. The van der Waals surface area contributed by atoms with E-state index in [1.54, 1.807) is 0 Å². The van der Waals surface area contributed by atoms with Crippen molar-refractivity contribution in [1.29, 1.82) is 0 Å². The van der Waals surface area contributed by atoms with Gasteiger partial charge in [-0.05, 0) is 31.3 Å². The summed E-state index contributed by atoms with van der Waals surface area (Å²) in [4.78, 5) is 24.9. The lowest BCUT2D eigenvalue weighted by molar-refractivity contribution is 0.0949. The third-order valence-electron chi connectivity index (χ3n) is 5.63. The highest BCUT2D eigenvalue weighted by Crippen LogP contribution is 2.31. The van der Waals surface area contributed by atoms with Crippen LogP contribution in [-0.4, -0.2) is 47.0 Å². The van der Waals surface area contributed by atoms with Gasteiger partial charge in [-0.3, -0.25) is 4.79 Å². The molecule has 5 nitrogen and oxygen atoms in total. The maximum Gasteiger partial charge on any atom is 0.251 e. The summed E-state index contributed by atoms with van der Waals surface area (Å²) < 4.78 is 0. The Bertz CT molecular complexity index is 1190. The Morgan fingerprint density at radius 3 is 1.91 bits per heavy atom. The van der Waals surface area contributed by atoms with Crippen LogP contribution in [0.1, 0.15) is 24.2 Å². The zero-order chi connectivity index (χ0) is 22.3. The number of carbonyl (C=O) groups is 1. The minimum Gasteiger partial charge on any atom is -0.351 e. The molecule has 0 saturated carbocycles. The molecule has 0 radical (unpaired) electrons. The smallest absolute Gasteiger partial charge is 0.251 e. The van der Waals surface area contributed by atoms with Crippen molar-refractivity contribution in [2.24, 2.45) is 0 Å². The van der Waals surface area contributed by atoms with Crippen molar-refractivity contribution < 1.29 is 4.79 Å². The first kappa shape index (κ1) is 21.7. The van der Waals surface area contributed by atoms with Crippen molar-refractivity contribution in [3.8, 4) is 22.5 Å². The molecule has 1 N–H and O–H groups in total. The van der Waals surface area contributed by atoms with Gasteiger partial charge in [0.15, 0.2) is 0 Å². The number of hydrogen-bond donors (Lipinski definition) is 1. The molecule has 0 fully saturated rings. The number of benzene rings is 3. The van der Waals surface area contributed by atoms with Crippen molar-refractivity contribution in [2.45, 2.75) is 13.8 Å². The first-order chi connectivity index (χ1) is 15.7. The quantitative estimate of drug-likeness (QED) is 0.431. The molecule has 4 rings (SSSR count). The zero-order valence-corrected chi connectivity index (χ0v) is 18.6. The number of carbonyl (C=O) groups excluding carboxylic acids is 1. The molecule has 0 unspecified atom stereocenters. The molecule has 3 aromatic carbocycles. The number of aromatic nitrogens is 2. The van der Waals surface area contributed by atoms with Gasteiger partial charge >= 0.3 is 0 Å². The molecular weight excluding hydrogens is 396 g/mol. The first-order valence-electron chi connectivity index (χ1n) is 11.1. The van der Waals surface area contributed by atoms with E-state index in [0.29, 0.717) is 17.6 Å². The molecule has 1 heterocycles. The van der Waals surface area contributed by atoms with Gasteiger partial charge in [-0.15, -0.1) is 0 Å². The van der Waals surface area contributed by atoms with Crippen molar-refractivity contribution in [3.63, 3.8) is 0 Å². The summed E-state index contributed by atoms with van der Waals surface area (Å²) in [6.45, 7) is 7.66. The molecule has 162 valence electrons. The number of hydrogen-bond acceptors (Lipinski definition) is 4. The van der Waals surface area contributed by atoms with Crippen LogP contribution in [0.4, 0.5) is 0 Å². The SMILES string of the molecule is CCN(CC)CCNC(=O)c1ccc2nc(-c3ccccc3)c(-c3ccccc3)nc2c1. The molecule has 0 spiro atoms. The van der Waals surface area contributed by atoms with Crippen LogP contribution in [0.15, 0.2) is 78.9 Å². The van der Waals surface area contributed by atoms with Gasteiger partial charge in [0.2, 0.25) is 0 Å². The summed E-state index contributed by atoms with van der Waals surface area (Å²) in [5, 5.41) is 3.02. The highest BCUT2D eigenvalue weighted by Gasteiger charge is 2.14. The number of nitrogens with one attached hydrogen (secondary N) is 1. The minimum absolute atomic E-state index is 0.0887. The fourth-order valence-corrected chi connectivity index (χ4v) is 3.76. The number of nitrogens with zero attached hydrogens (tertiary/aromatic N) is 3. The van der Waals surface area contributed by atoms with Crippen LogP contribution in [0.25, 0.3) is 33.5 Å². The molecule has 1 aromatic heterocycles. The molecule has 0 saturated heterocycles. The van der Waals surface area contributed by atoms with Crippen molar-refractivity contribution in [1.82, 2.24) is 20.2 Å². The van der Waals surface area contributed by atoms with E-state index in [1.165, 1.54) is 0 Å². The molecule has 0 bridgehead atoms. The average molecular weight is 425 g/mol. The van der Waals surface area contributed by atoms with E-state index in [-0.39, 0.29) is 5.91 Å². The second-order valence-corrected chi connectivity index (χ2v) is 7.64. The van der Waals surface area contributed by atoms with Gasteiger partial charge in [0, 0.05) is 29.8 Å². The highest BCUT2D eigenvalue weighted by molar-refractivity contribution is 5.98. The summed E-state index contributed by atoms with van der Waals surface area (Å²) in [5.74, 6) is -0.0887. The standard InChI is InChI=1S/C27H28N4O/c1-3-31(4-2)18-17-28-27(32)22-15-16-23-24(19-22)30-26(21-13-9-6-10-14-21)25(29-23)20-11-7-5-8-12-20/h5-16,19H,3-4,17-18H2,1-2H3,(H,28,32). The lowest BCUT2D eigenvalue weighted by atomic mass is 10.0. The molecule has 1 amide bonds. The second-order valence-electron chi connectivity index (χ2n) is 7.64. The number of amides is 1. The highest BCUT2D eigenvalue weighted by atomic mass is 16.1. The largest absolute Gasteiger partial charge is 0.351 e. The van der Waals surface area contributed by atoms with E-state index in [4.69, 9.17) is 9.97 Å². The second kappa shape index (κ2) is 10.2. The van der Waals surface area contributed by atoms with Gasteiger partial charge in [-0.2, -0.15) is 0 Å². The normalized spacial score (nSPS) is 11.1. The third-order valence-corrected chi connectivity index (χ3v) is 5.63. The topological polar surface area (TPSA) is 58.1 Å². The van der Waals surface area contributed by atoms with Gasteiger partial charge in [0.25, 0.3) is 5.91 Å². The van der Waals surface area contributed by atoms with Gasteiger partial charge in [0.05, 0.1) is 22.4 Å². The summed E-state index contributed by atoms with van der Waals surface area (Å²) in [6.07, 6.45) is 0. The minimum atomic E-state index is -0.0887. The molecule has 0 aliphatic carbocycles. The summed E-state index contributed by atoms with van der Waals surface area (Å²) in [6, 6.07) is 25.7. The molecule has 4 aromatic rings. The van der Waals surface area contributed by atoms with Crippen molar-refractivity contribution in [2.75, 3.05) is 26.2 Å². The third kappa shape index (κ3) is 4.84. The maximum absolute atomic E-state index is 12.7. The zero-order valence-electron chi connectivity index (χ0n) is 18.6. The van der Waals surface area contributed by atoms with Gasteiger partial charge in [-0.25, -0.2) is 9.97 Å². The van der Waals surface area contributed by atoms with Gasteiger partial charge in [0.1, 0.15) is 0 Å². The number of rotatable bonds is 8. The van der Waals surface area contributed by atoms with Crippen LogP contribution >= 0.6 is 0 Å². The fraction of sp³-hybridized carbons (Fsp3) is 0.222. The van der Waals surface area contributed by atoms with Crippen LogP contribution in [0.5, 0.6) is 0 Å². The average Bonchev–Trinajstić information content (AvgIpc) is 2.86. The van der Waals surface area contributed by atoms with Crippen LogP contribution < -0.4 is 5.32 Å². The fourth-order valence-electron chi connectivity index (χ4n) is 3.76. The molecule has 0 atom stereocenters. The van der Waals surface area contributed by atoms with E-state index in [2.05, 4.69) is 24.1 Å². The van der Waals surface area contributed by atoms with Crippen LogP contribution in [0.2, 0.25) is 0 Å². The number of likely N-dealkylation sites (N-methyl/N-ethyl adjacent to an activating group) is 1. The molecule has 0 aliphatic rings. The monoisotopic (exact) mass is 424 g/mol. The summed E-state index contributed by atoms with van der Waals surface area (Å²) >= 11 is 0. The Balaban J connectivity index is 1.68. The van der Waals surface area contributed by atoms with Crippen molar-refractivity contribution in [3.05, 3.63) is 84.4 Å². The van der Waals surface area contributed by atoms with Gasteiger partial charge in [-0.1, -0.05) is 74.5 Å². The first-order valence-corrected chi connectivity index (χ1v) is 11.1. The van der Waals surface area contributed by atoms with E-state index in [9.17, 15) is 4.79 Å². The number of fused-ring (bicyclic) bond motifs is 1. The molecule has 5 heteroatoms. The Kier molecular flexibility index (Phi) is 6.87. The van der Waals surface area contributed by atoms with Gasteiger partial charge < -0.3 is 10.2 Å².